The van der Waals surface area contributed by atoms with Crippen LogP contribution < -0.4 is 0 Å². The average Bonchev–Trinajstić information content (AvgIpc) is 2.80. The number of aliphatic carboxylic acids is 1. The largest absolute Gasteiger partial charge is 0.480 e. The summed E-state index contributed by atoms with van der Waals surface area (Å²) < 4.78 is 18.9. The zero-order valence-electron chi connectivity index (χ0n) is 13.8. The van der Waals surface area contributed by atoms with Crippen LogP contribution in [0.1, 0.15) is 44.2 Å². The Bertz CT molecular complexity index is 603. The van der Waals surface area contributed by atoms with Crippen molar-refractivity contribution >= 4 is 12.1 Å². The van der Waals surface area contributed by atoms with Crippen LogP contribution >= 0.6 is 0 Å². The van der Waals surface area contributed by atoms with Crippen LogP contribution in [-0.4, -0.2) is 40.3 Å². The first-order chi connectivity index (χ1) is 10.6. The van der Waals surface area contributed by atoms with Gasteiger partial charge in [0.15, 0.2) is 0 Å². The molecule has 0 saturated carbocycles. The summed E-state index contributed by atoms with van der Waals surface area (Å²) in [7, 11) is 0. The van der Waals surface area contributed by atoms with Crippen LogP contribution in [0.25, 0.3) is 0 Å². The molecule has 0 bridgehead atoms. The maximum atomic E-state index is 13.6. The monoisotopic (exact) mass is 323 g/mol. The molecular formula is C17H22FNO4. The Hall–Kier alpha value is -2.11. The van der Waals surface area contributed by atoms with E-state index in [9.17, 15) is 19.1 Å². The number of rotatable bonds is 2. The molecule has 0 aromatic heterocycles. The molecular weight excluding hydrogens is 301 g/mol. The second-order valence-corrected chi connectivity index (χ2v) is 6.98. The number of carbonyl (C=O) groups excluding carboxylic acids is 1. The van der Waals surface area contributed by atoms with E-state index >= 15 is 0 Å². The van der Waals surface area contributed by atoms with Gasteiger partial charge in [0.1, 0.15) is 17.5 Å². The van der Waals surface area contributed by atoms with Gasteiger partial charge in [-0.05, 0) is 57.4 Å². The first kappa shape index (κ1) is 17.2. The number of carboxylic acid groups (broad SMARTS) is 1. The van der Waals surface area contributed by atoms with Crippen molar-refractivity contribution < 1.29 is 23.8 Å². The first-order valence-electron chi connectivity index (χ1n) is 7.56. The van der Waals surface area contributed by atoms with E-state index in [1.165, 1.54) is 17.0 Å². The van der Waals surface area contributed by atoms with Gasteiger partial charge in [0.05, 0.1) is 0 Å². The molecule has 1 saturated heterocycles. The van der Waals surface area contributed by atoms with E-state index in [0.717, 1.165) is 5.56 Å². The highest BCUT2D eigenvalue weighted by molar-refractivity contribution is 5.81. The molecule has 1 amide bonds. The number of ether oxygens (including phenoxy) is 1. The van der Waals surface area contributed by atoms with Gasteiger partial charge in [-0.3, -0.25) is 4.90 Å². The summed E-state index contributed by atoms with van der Waals surface area (Å²) in [4.78, 5) is 24.9. The van der Waals surface area contributed by atoms with Crippen LogP contribution in [-0.2, 0) is 9.53 Å². The van der Waals surface area contributed by atoms with Gasteiger partial charge >= 0.3 is 12.1 Å². The number of carbonyl (C=O) groups is 2. The molecule has 2 rings (SSSR count). The Morgan fingerprint density at radius 1 is 1.30 bits per heavy atom. The van der Waals surface area contributed by atoms with E-state index in [0.29, 0.717) is 5.56 Å². The number of likely N-dealkylation sites (tertiary alicyclic amines) is 1. The average molecular weight is 323 g/mol. The van der Waals surface area contributed by atoms with E-state index in [-0.39, 0.29) is 24.7 Å². The molecule has 0 aliphatic carbocycles. The van der Waals surface area contributed by atoms with Gasteiger partial charge in [0, 0.05) is 12.5 Å². The van der Waals surface area contributed by atoms with Crippen LogP contribution in [0.15, 0.2) is 18.2 Å². The summed E-state index contributed by atoms with van der Waals surface area (Å²) in [6, 6.07) is 3.68. The van der Waals surface area contributed by atoms with Gasteiger partial charge < -0.3 is 9.84 Å². The number of benzene rings is 1. The Kier molecular flexibility index (Phi) is 4.63. The topological polar surface area (TPSA) is 66.8 Å². The third-order valence-electron chi connectivity index (χ3n) is 3.75. The number of hydrogen-bond acceptors (Lipinski definition) is 3. The van der Waals surface area contributed by atoms with Crippen molar-refractivity contribution in [1.29, 1.82) is 0 Å². The normalized spacial score (nSPS) is 21.3. The minimum atomic E-state index is -1.08. The van der Waals surface area contributed by atoms with Crippen molar-refractivity contribution in [2.75, 3.05) is 6.54 Å². The smallest absolute Gasteiger partial charge is 0.411 e. The number of hydrogen-bond donors (Lipinski definition) is 1. The van der Waals surface area contributed by atoms with Gasteiger partial charge in [-0.1, -0.05) is 6.07 Å². The number of halogens is 1. The second kappa shape index (κ2) is 6.18. The second-order valence-electron chi connectivity index (χ2n) is 6.98. The summed E-state index contributed by atoms with van der Waals surface area (Å²) in [5.74, 6) is -1.66. The molecule has 1 unspecified atom stereocenters. The Morgan fingerprint density at radius 3 is 2.48 bits per heavy atom. The zero-order valence-corrected chi connectivity index (χ0v) is 13.8. The SMILES string of the molecule is Cc1cc(F)cc([C@@H]2CC(C(=O)O)N(C(=O)OC(C)(C)C)C2)c1. The number of amides is 1. The van der Waals surface area contributed by atoms with E-state index < -0.39 is 23.7 Å². The molecule has 126 valence electrons. The molecule has 1 aromatic carbocycles. The van der Waals surface area contributed by atoms with Crippen LogP contribution in [0.5, 0.6) is 0 Å². The van der Waals surface area contributed by atoms with Crippen molar-refractivity contribution in [3.63, 3.8) is 0 Å². The van der Waals surface area contributed by atoms with E-state index in [1.807, 2.05) is 6.07 Å². The Morgan fingerprint density at radius 2 is 1.96 bits per heavy atom. The molecule has 2 atom stereocenters. The fourth-order valence-corrected chi connectivity index (χ4v) is 2.83. The molecule has 0 radical (unpaired) electrons. The van der Waals surface area contributed by atoms with Crippen molar-refractivity contribution in [1.82, 2.24) is 4.90 Å². The van der Waals surface area contributed by atoms with Gasteiger partial charge in [0.2, 0.25) is 0 Å². The third kappa shape index (κ3) is 4.21. The lowest BCUT2D eigenvalue weighted by atomic mass is 9.95. The Labute approximate surface area is 135 Å². The van der Waals surface area contributed by atoms with Gasteiger partial charge in [-0.25, -0.2) is 14.0 Å². The molecule has 23 heavy (non-hydrogen) atoms. The predicted molar refractivity (Wildman–Crippen MR) is 82.9 cm³/mol. The third-order valence-corrected chi connectivity index (χ3v) is 3.75. The van der Waals surface area contributed by atoms with Crippen LogP contribution in [0.4, 0.5) is 9.18 Å². The summed E-state index contributed by atoms with van der Waals surface area (Å²) in [5, 5.41) is 9.38. The van der Waals surface area contributed by atoms with Crippen LogP contribution in [0, 0.1) is 12.7 Å². The quantitative estimate of drug-likeness (QED) is 0.907. The van der Waals surface area contributed by atoms with Crippen molar-refractivity contribution in [3.8, 4) is 0 Å². The minimum Gasteiger partial charge on any atom is -0.480 e. The number of aryl methyl sites for hydroxylation is 1. The standard InChI is InChI=1S/C17H22FNO4/c1-10-5-11(7-13(18)6-10)12-8-14(15(20)21)19(9-12)16(22)23-17(2,3)4/h5-7,12,14H,8-9H2,1-4H3,(H,20,21)/t12-,14?/m1/s1. The highest BCUT2D eigenvalue weighted by Gasteiger charge is 2.42. The van der Waals surface area contributed by atoms with Crippen molar-refractivity contribution in [2.45, 2.75) is 51.7 Å². The Balaban J connectivity index is 2.24. The van der Waals surface area contributed by atoms with E-state index in [2.05, 4.69) is 0 Å². The van der Waals surface area contributed by atoms with Crippen LogP contribution in [0.3, 0.4) is 0 Å². The highest BCUT2D eigenvalue weighted by atomic mass is 19.1. The minimum absolute atomic E-state index is 0.203. The van der Waals surface area contributed by atoms with Gasteiger partial charge in [-0.2, -0.15) is 0 Å². The molecule has 1 heterocycles. The molecule has 1 N–H and O–H groups in total. The van der Waals surface area contributed by atoms with Crippen LogP contribution in [0.2, 0.25) is 0 Å². The molecule has 0 spiro atoms. The maximum Gasteiger partial charge on any atom is 0.411 e. The molecule has 1 aliphatic heterocycles. The van der Waals surface area contributed by atoms with Gasteiger partial charge in [0.25, 0.3) is 0 Å². The fourth-order valence-electron chi connectivity index (χ4n) is 2.83. The van der Waals surface area contributed by atoms with Crippen molar-refractivity contribution in [3.05, 3.63) is 35.1 Å². The molecule has 1 fully saturated rings. The summed E-state index contributed by atoms with van der Waals surface area (Å²) in [5.41, 5.74) is 0.774. The molecule has 5 nitrogen and oxygen atoms in total. The highest BCUT2D eigenvalue weighted by Crippen LogP contribution is 2.33. The maximum absolute atomic E-state index is 13.6. The fraction of sp³-hybridized carbons (Fsp3) is 0.529. The molecule has 1 aromatic rings. The zero-order chi connectivity index (χ0) is 17.4. The van der Waals surface area contributed by atoms with E-state index in [1.54, 1.807) is 27.7 Å². The van der Waals surface area contributed by atoms with E-state index in [4.69, 9.17) is 4.74 Å². The molecule has 1 aliphatic rings. The number of carboxylic acids is 1. The summed E-state index contributed by atoms with van der Waals surface area (Å²) in [6.07, 6.45) is -0.405. The molecule has 6 heteroatoms. The summed E-state index contributed by atoms with van der Waals surface area (Å²) in [6.45, 7) is 7.16. The lowest BCUT2D eigenvalue weighted by molar-refractivity contribution is -0.142. The lowest BCUT2D eigenvalue weighted by Gasteiger charge is -2.26. The predicted octanol–water partition coefficient (Wildman–Crippen LogP) is 3.31. The number of nitrogens with zero attached hydrogens (tertiary/aromatic N) is 1. The lowest BCUT2D eigenvalue weighted by Crippen LogP contribution is -2.43. The first-order valence-corrected chi connectivity index (χ1v) is 7.56. The van der Waals surface area contributed by atoms with Crippen molar-refractivity contribution in [2.24, 2.45) is 0 Å². The van der Waals surface area contributed by atoms with Gasteiger partial charge in [-0.15, -0.1) is 0 Å². The summed E-state index contributed by atoms with van der Waals surface area (Å²) >= 11 is 0.